The standard InChI is InChI=1S/C15H24FN3/c1-3-12(2)18-7-9-19(10-8-18)15-6-4-5-14(16)13(15)11-17/h4-6,12H,3,7-11,17H2,1-2H3. The van der Waals surface area contributed by atoms with Crippen LogP contribution in [0.3, 0.4) is 0 Å². The molecule has 0 saturated carbocycles. The van der Waals surface area contributed by atoms with Crippen molar-refractivity contribution in [1.82, 2.24) is 4.90 Å². The van der Waals surface area contributed by atoms with Crippen LogP contribution in [0.15, 0.2) is 18.2 Å². The molecule has 0 aromatic heterocycles. The van der Waals surface area contributed by atoms with Gasteiger partial charge in [0.1, 0.15) is 5.82 Å². The second-order valence-electron chi connectivity index (χ2n) is 5.22. The molecule has 4 heteroatoms. The second-order valence-corrected chi connectivity index (χ2v) is 5.22. The molecule has 0 amide bonds. The summed E-state index contributed by atoms with van der Waals surface area (Å²) in [6.45, 7) is 8.71. The summed E-state index contributed by atoms with van der Waals surface area (Å²) in [5.74, 6) is -0.190. The minimum atomic E-state index is -0.190. The predicted octanol–water partition coefficient (Wildman–Crippen LogP) is 2.20. The number of anilines is 1. The maximum atomic E-state index is 13.7. The number of halogens is 1. The molecule has 1 aromatic carbocycles. The third-order valence-corrected chi connectivity index (χ3v) is 4.17. The van der Waals surface area contributed by atoms with Gasteiger partial charge in [-0.05, 0) is 25.5 Å². The van der Waals surface area contributed by atoms with E-state index in [1.54, 1.807) is 6.07 Å². The molecule has 1 fully saturated rings. The fourth-order valence-electron chi connectivity index (χ4n) is 2.71. The lowest BCUT2D eigenvalue weighted by atomic mass is 10.1. The lowest BCUT2D eigenvalue weighted by Crippen LogP contribution is -2.49. The van der Waals surface area contributed by atoms with Gasteiger partial charge in [-0.3, -0.25) is 4.90 Å². The van der Waals surface area contributed by atoms with Crippen LogP contribution in [0.4, 0.5) is 10.1 Å². The molecule has 1 heterocycles. The van der Waals surface area contributed by atoms with E-state index in [9.17, 15) is 4.39 Å². The smallest absolute Gasteiger partial charge is 0.129 e. The summed E-state index contributed by atoms with van der Waals surface area (Å²) in [6.07, 6.45) is 1.17. The SMILES string of the molecule is CCC(C)N1CCN(c2cccc(F)c2CN)CC1. The molecule has 1 atom stereocenters. The molecule has 2 rings (SSSR count). The molecule has 1 aliphatic rings. The van der Waals surface area contributed by atoms with Gasteiger partial charge in [0.25, 0.3) is 0 Å². The van der Waals surface area contributed by atoms with Gasteiger partial charge in [0.2, 0.25) is 0 Å². The van der Waals surface area contributed by atoms with Gasteiger partial charge in [-0.15, -0.1) is 0 Å². The molecule has 2 N–H and O–H groups in total. The van der Waals surface area contributed by atoms with Crippen molar-refractivity contribution in [1.29, 1.82) is 0 Å². The first-order chi connectivity index (χ1) is 9.17. The monoisotopic (exact) mass is 265 g/mol. The van der Waals surface area contributed by atoms with E-state index < -0.39 is 0 Å². The Morgan fingerprint density at radius 3 is 2.53 bits per heavy atom. The van der Waals surface area contributed by atoms with Gasteiger partial charge in [0.15, 0.2) is 0 Å². The molecule has 0 spiro atoms. The van der Waals surface area contributed by atoms with Crippen LogP contribution in [0.1, 0.15) is 25.8 Å². The van der Waals surface area contributed by atoms with Crippen molar-refractivity contribution in [2.24, 2.45) is 5.73 Å². The van der Waals surface area contributed by atoms with Crippen LogP contribution in [-0.2, 0) is 6.54 Å². The van der Waals surface area contributed by atoms with Gasteiger partial charge in [0.05, 0.1) is 0 Å². The summed E-state index contributed by atoms with van der Waals surface area (Å²) < 4.78 is 13.7. The Morgan fingerprint density at radius 2 is 1.95 bits per heavy atom. The van der Waals surface area contributed by atoms with Crippen molar-refractivity contribution in [2.45, 2.75) is 32.9 Å². The molecule has 106 valence electrons. The minimum Gasteiger partial charge on any atom is -0.369 e. The van der Waals surface area contributed by atoms with E-state index in [-0.39, 0.29) is 12.4 Å². The summed E-state index contributed by atoms with van der Waals surface area (Å²) in [7, 11) is 0. The van der Waals surface area contributed by atoms with E-state index >= 15 is 0 Å². The highest BCUT2D eigenvalue weighted by Gasteiger charge is 2.22. The number of benzene rings is 1. The molecule has 1 unspecified atom stereocenters. The lowest BCUT2D eigenvalue weighted by molar-refractivity contribution is 0.192. The summed E-state index contributed by atoms with van der Waals surface area (Å²) in [5, 5.41) is 0. The van der Waals surface area contributed by atoms with Crippen molar-refractivity contribution in [3.05, 3.63) is 29.6 Å². The summed E-state index contributed by atoms with van der Waals surface area (Å²) in [6, 6.07) is 5.86. The Balaban J connectivity index is 2.08. The molecule has 1 aromatic rings. The number of piperazine rings is 1. The Morgan fingerprint density at radius 1 is 1.26 bits per heavy atom. The quantitative estimate of drug-likeness (QED) is 0.906. The number of hydrogen-bond donors (Lipinski definition) is 1. The van der Waals surface area contributed by atoms with Crippen LogP contribution in [-0.4, -0.2) is 37.1 Å². The summed E-state index contributed by atoms with van der Waals surface area (Å²) in [4.78, 5) is 4.75. The van der Waals surface area contributed by atoms with Crippen LogP contribution >= 0.6 is 0 Å². The minimum absolute atomic E-state index is 0.190. The van der Waals surface area contributed by atoms with Crippen LogP contribution in [0.5, 0.6) is 0 Å². The van der Waals surface area contributed by atoms with Gasteiger partial charge >= 0.3 is 0 Å². The van der Waals surface area contributed by atoms with Crippen LogP contribution in [0.25, 0.3) is 0 Å². The van der Waals surface area contributed by atoms with E-state index in [0.29, 0.717) is 11.6 Å². The van der Waals surface area contributed by atoms with E-state index in [1.807, 2.05) is 6.07 Å². The van der Waals surface area contributed by atoms with Gasteiger partial charge in [-0.1, -0.05) is 13.0 Å². The highest BCUT2D eigenvalue weighted by atomic mass is 19.1. The molecule has 19 heavy (non-hydrogen) atoms. The molecule has 0 aliphatic carbocycles. The number of nitrogens with two attached hydrogens (primary N) is 1. The Bertz CT molecular complexity index is 414. The summed E-state index contributed by atoms with van der Waals surface area (Å²) >= 11 is 0. The highest BCUT2D eigenvalue weighted by Crippen LogP contribution is 2.24. The van der Waals surface area contributed by atoms with E-state index in [4.69, 9.17) is 5.73 Å². The van der Waals surface area contributed by atoms with Gasteiger partial charge < -0.3 is 10.6 Å². The maximum absolute atomic E-state index is 13.7. The van der Waals surface area contributed by atoms with Crippen molar-refractivity contribution < 1.29 is 4.39 Å². The first kappa shape index (κ1) is 14.3. The molecule has 1 saturated heterocycles. The molecular weight excluding hydrogens is 241 g/mol. The van der Waals surface area contributed by atoms with Crippen molar-refractivity contribution in [2.75, 3.05) is 31.1 Å². The Kier molecular flexibility index (Phi) is 4.77. The molecule has 3 nitrogen and oxygen atoms in total. The third kappa shape index (κ3) is 3.07. The van der Waals surface area contributed by atoms with Crippen molar-refractivity contribution in [3.8, 4) is 0 Å². The first-order valence-corrected chi connectivity index (χ1v) is 7.13. The summed E-state index contributed by atoms with van der Waals surface area (Å²) in [5.41, 5.74) is 7.28. The van der Waals surface area contributed by atoms with E-state index in [2.05, 4.69) is 23.6 Å². The van der Waals surface area contributed by atoms with Gasteiger partial charge in [0, 0.05) is 50.0 Å². The van der Waals surface area contributed by atoms with Crippen LogP contribution in [0.2, 0.25) is 0 Å². The predicted molar refractivity (Wildman–Crippen MR) is 77.8 cm³/mol. The Hall–Kier alpha value is -1.13. The maximum Gasteiger partial charge on any atom is 0.129 e. The molecule has 0 radical (unpaired) electrons. The fraction of sp³-hybridized carbons (Fsp3) is 0.600. The van der Waals surface area contributed by atoms with E-state index in [1.165, 1.54) is 12.5 Å². The Labute approximate surface area is 115 Å². The molecular formula is C15H24FN3. The topological polar surface area (TPSA) is 32.5 Å². The zero-order valence-corrected chi connectivity index (χ0v) is 11.9. The third-order valence-electron chi connectivity index (χ3n) is 4.17. The van der Waals surface area contributed by atoms with Gasteiger partial charge in [-0.25, -0.2) is 4.39 Å². The van der Waals surface area contributed by atoms with Crippen molar-refractivity contribution >= 4 is 5.69 Å². The van der Waals surface area contributed by atoms with E-state index in [0.717, 1.165) is 31.9 Å². The van der Waals surface area contributed by atoms with Crippen molar-refractivity contribution in [3.63, 3.8) is 0 Å². The van der Waals surface area contributed by atoms with Crippen LogP contribution in [0, 0.1) is 5.82 Å². The molecule has 0 bridgehead atoms. The lowest BCUT2D eigenvalue weighted by Gasteiger charge is -2.39. The van der Waals surface area contributed by atoms with Gasteiger partial charge in [-0.2, -0.15) is 0 Å². The number of hydrogen-bond acceptors (Lipinski definition) is 3. The average Bonchev–Trinajstić information content (AvgIpc) is 2.46. The largest absolute Gasteiger partial charge is 0.369 e. The number of rotatable bonds is 4. The zero-order chi connectivity index (χ0) is 13.8. The first-order valence-electron chi connectivity index (χ1n) is 7.13. The second kappa shape index (κ2) is 6.35. The normalized spacial score (nSPS) is 18.6. The van der Waals surface area contributed by atoms with Crippen LogP contribution < -0.4 is 10.6 Å². The zero-order valence-electron chi connectivity index (χ0n) is 11.9. The highest BCUT2D eigenvalue weighted by molar-refractivity contribution is 5.54. The fourth-order valence-corrected chi connectivity index (χ4v) is 2.71. The molecule has 1 aliphatic heterocycles. The number of nitrogens with zero attached hydrogens (tertiary/aromatic N) is 2. The average molecular weight is 265 g/mol.